The number of ether oxygens (including phenoxy) is 1. The first-order valence-corrected chi connectivity index (χ1v) is 7.22. The molecule has 0 amide bonds. The van der Waals surface area contributed by atoms with E-state index in [1.165, 1.54) is 13.3 Å². The fraction of sp³-hybridized carbons (Fsp3) is 0.214. The van der Waals surface area contributed by atoms with Gasteiger partial charge in [-0.3, -0.25) is 0 Å². The molecular formula is C14H13BrN4O3. The average molecular weight is 367 g/mol. The second-order valence-corrected chi connectivity index (χ2v) is 5.50. The predicted molar refractivity (Wildman–Crippen MR) is 82.1 cm³/mol. The molecule has 0 aliphatic rings. The third-order valence-electron chi connectivity index (χ3n) is 3.13. The van der Waals surface area contributed by atoms with Crippen LogP contribution in [-0.2, 0) is 13.7 Å². The summed E-state index contributed by atoms with van der Waals surface area (Å²) in [5, 5.41) is 7.43. The number of aromatic nitrogens is 4. The lowest BCUT2D eigenvalue weighted by molar-refractivity contribution is 0.301. The van der Waals surface area contributed by atoms with Crippen molar-refractivity contribution in [3.8, 4) is 11.6 Å². The van der Waals surface area contributed by atoms with Crippen molar-refractivity contribution in [1.82, 2.24) is 19.8 Å². The predicted octanol–water partition coefficient (Wildman–Crippen LogP) is 2.21. The molecule has 0 atom stereocenters. The van der Waals surface area contributed by atoms with Crippen LogP contribution in [0.5, 0.6) is 5.75 Å². The maximum Gasteiger partial charge on any atom is 0.370 e. The number of rotatable bonds is 4. The molecule has 0 saturated carbocycles. The summed E-state index contributed by atoms with van der Waals surface area (Å²) in [6.45, 7) is 2.04. The minimum Gasteiger partial charge on any atom is -0.488 e. The van der Waals surface area contributed by atoms with Crippen molar-refractivity contribution in [1.29, 1.82) is 0 Å². The van der Waals surface area contributed by atoms with Crippen LogP contribution in [0, 0.1) is 6.92 Å². The minimum atomic E-state index is -0.414. The zero-order valence-corrected chi connectivity index (χ0v) is 13.5. The van der Waals surface area contributed by atoms with Gasteiger partial charge in [-0.05, 0) is 44.9 Å². The molecule has 8 heteroatoms. The first-order valence-electron chi connectivity index (χ1n) is 6.92. The van der Waals surface area contributed by atoms with Gasteiger partial charge in [-0.15, -0.1) is 4.68 Å². The van der Waals surface area contributed by atoms with Gasteiger partial charge in [0.2, 0.25) is 5.88 Å². The Morgan fingerprint density at radius 2 is 2.27 bits per heavy atom. The molecule has 0 radical (unpaired) electrons. The van der Waals surface area contributed by atoms with Gasteiger partial charge in [-0.25, -0.2) is 4.79 Å². The highest BCUT2D eigenvalue weighted by molar-refractivity contribution is 9.10. The summed E-state index contributed by atoms with van der Waals surface area (Å²) in [5.41, 5.74) is 1.08. The molecule has 7 nitrogen and oxygen atoms in total. The van der Waals surface area contributed by atoms with Gasteiger partial charge in [-0.2, -0.15) is 4.68 Å². The molecule has 2 aromatic heterocycles. The SMILES string of the molecule is [3H]c1ccc(OCc2c(Br)coc2-n2nnn(C)c2=O)c(C)c1. The van der Waals surface area contributed by atoms with Gasteiger partial charge in [-0.1, -0.05) is 18.2 Å². The maximum absolute atomic E-state index is 12.0. The molecule has 3 aromatic rings. The van der Waals surface area contributed by atoms with Crippen LogP contribution in [0.15, 0.2) is 44.2 Å². The zero-order valence-electron chi connectivity index (χ0n) is 12.9. The van der Waals surface area contributed by atoms with E-state index < -0.39 is 5.69 Å². The Hall–Kier alpha value is -2.35. The van der Waals surface area contributed by atoms with E-state index in [4.69, 9.17) is 10.5 Å². The van der Waals surface area contributed by atoms with Crippen molar-refractivity contribution in [3.63, 3.8) is 0 Å². The van der Waals surface area contributed by atoms with E-state index in [1.54, 1.807) is 18.2 Å². The quantitative estimate of drug-likeness (QED) is 0.707. The van der Waals surface area contributed by atoms with Crippen molar-refractivity contribution in [2.24, 2.45) is 7.05 Å². The second kappa shape index (κ2) is 5.80. The van der Waals surface area contributed by atoms with Crippen LogP contribution in [0.2, 0.25) is 0 Å². The number of tetrazole rings is 1. The van der Waals surface area contributed by atoms with Crippen molar-refractivity contribution in [2.75, 3.05) is 0 Å². The molecule has 0 aliphatic heterocycles. The lowest BCUT2D eigenvalue weighted by Gasteiger charge is -2.08. The second-order valence-electron chi connectivity index (χ2n) is 4.64. The molecule has 22 heavy (non-hydrogen) atoms. The Bertz CT molecular complexity index is 915. The summed E-state index contributed by atoms with van der Waals surface area (Å²) in [6.07, 6.45) is 1.47. The number of nitrogens with zero attached hydrogens (tertiary/aromatic N) is 4. The topological polar surface area (TPSA) is 75.1 Å². The number of benzene rings is 1. The van der Waals surface area contributed by atoms with Gasteiger partial charge >= 0.3 is 5.69 Å². The monoisotopic (exact) mass is 366 g/mol. The van der Waals surface area contributed by atoms with Crippen molar-refractivity contribution < 1.29 is 10.5 Å². The van der Waals surface area contributed by atoms with E-state index in [0.717, 1.165) is 14.9 Å². The lowest BCUT2D eigenvalue weighted by Crippen LogP contribution is -2.22. The van der Waals surface area contributed by atoms with Crippen LogP contribution in [0.25, 0.3) is 5.88 Å². The summed E-state index contributed by atoms with van der Waals surface area (Å²) in [6, 6.07) is 5.53. The molecule has 0 spiro atoms. The largest absolute Gasteiger partial charge is 0.488 e. The molecule has 0 unspecified atom stereocenters. The molecule has 114 valence electrons. The van der Waals surface area contributed by atoms with Crippen molar-refractivity contribution >= 4 is 15.9 Å². The van der Waals surface area contributed by atoms with E-state index in [-0.39, 0.29) is 12.5 Å². The molecule has 0 fully saturated rings. The normalized spacial score (nSPS) is 11.5. The summed E-state index contributed by atoms with van der Waals surface area (Å²) >= 11 is 3.38. The van der Waals surface area contributed by atoms with Crippen molar-refractivity contribution in [2.45, 2.75) is 13.5 Å². The summed E-state index contributed by atoms with van der Waals surface area (Å²) in [5.74, 6) is 0.913. The minimum absolute atomic E-state index is 0.174. The Labute approximate surface area is 135 Å². The van der Waals surface area contributed by atoms with Crippen LogP contribution >= 0.6 is 15.9 Å². The molecular weight excluding hydrogens is 352 g/mol. The molecule has 0 bridgehead atoms. The first kappa shape index (κ1) is 13.3. The standard InChI is InChI=1S/C14H13BrN4O3/c1-9-5-3-4-6-12(9)21-7-10-11(15)8-22-13(10)19-14(20)18(2)16-17-19/h3-6,8H,7H2,1-2H3/i3T. The summed E-state index contributed by atoms with van der Waals surface area (Å²) < 4.78 is 21.6. The maximum atomic E-state index is 12.0. The van der Waals surface area contributed by atoms with Crippen LogP contribution < -0.4 is 10.4 Å². The van der Waals surface area contributed by atoms with E-state index in [0.29, 0.717) is 21.8 Å². The summed E-state index contributed by atoms with van der Waals surface area (Å²) in [4.78, 5) is 12.0. The van der Waals surface area contributed by atoms with E-state index in [9.17, 15) is 4.79 Å². The van der Waals surface area contributed by atoms with Crippen LogP contribution in [0.4, 0.5) is 0 Å². The molecule has 0 N–H and O–H groups in total. The van der Waals surface area contributed by atoms with Crippen molar-refractivity contribution in [3.05, 3.63) is 56.6 Å². The molecule has 2 heterocycles. The lowest BCUT2D eigenvalue weighted by atomic mass is 10.2. The number of furan rings is 1. The number of hydrogen-bond acceptors (Lipinski definition) is 5. The first-order chi connectivity index (χ1) is 11.0. The third-order valence-corrected chi connectivity index (χ3v) is 3.79. The van der Waals surface area contributed by atoms with Crippen LogP contribution in [0.3, 0.4) is 0 Å². The number of para-hydroxylation sites is 1. The number of hydrogen-bond donors (Lipinski definition) is 0. The fourth-order valence-electron chi connectivity index (χ4n) is 1.91. The average Bonchev–Trinajstić information content (AvgIpc) is 3.02. The highest BCUT2D eigenvalue weighted by Crippen LogP contribution is 2.27. The van der Waals surface area contributed by atoms with E-state index in [1.807, 2.05) is 6.92 Å². The van der Waals surface area contributed by atoms with Gasteiger partial charge in [0.1, 0.15) is 18.6 Å². The molecule has 0 saturated heterocycles. The highest BCUT2D eigenvalue weighted by atomic mass is 79.9. The van der Waals surface area contributed by atoms with E-state index >= 15 is 0 Å². The Morgan fingerprint density at radius 3 is 2.95 bits per heavy atom. The zero-order chi connectivity index (χ0) is 16.6. The Morgan fingerprint density at radius 1 is 1.45 bits per heavy atom. The highest BCUT2D eigenvalue weighted by Gasteiger charge is 2.19. The van der Waals surface area contributed by atoms with Gasteiger partial charge in [0, 0.05) is 7.05 Å². The van der Waals surface area contributed by atoms with Gasteiger partial charge < -0.3 is 9.15 Å². The van der Waals surface area contributed by atoms with Gasteiger partial charge in [0.05, 0.1) is 11.4 Å². The summed E-state index contributed by atoms with van der Waals surface area (Å²) in [7, 11) is 1.51. The molecule has 1 aromatic carbocycles. The Balaban J connectivity index is 1.90. The fourth-order valence-corrected chi connectivity index (χ4v) is 2.29. The van der Waals surface area contributed by atoms with Gasteiger partial charge in [0.15, 0.2) is 0 Å². The van der Waals surface area contributed by atoms with E-state index in [2.05, 4.69) is 26.4 Å². The van der Waals surface area contributed by atoms with Gasteiger partial charge in [0.25, 0.3) is 0 Å². The molecule has 0 aliphatic carbocycles. The number of halogens is 1. The molecule has 3 rings (SSSR count). The number of aryl methyl sites for hydroxylation is 2. The third kappa shape index (κ3) is 2.57. The Kier molecular flexibility index (Phi) is 3.51. The smallest absolute Gasteiger partial charge is 0.370 e. The van der Waals surface area contributed by atoms with Crippen LogP contribution in [-0.4, -0.2) is 19.8 Å². The van der Waals surface area contributed by atoms with Crippen LogP contribution in [0.1, 0.15) is 12.5 Å².